The highest BCUT2D eigenvalue weighted by Gasteiger charge is 2.29. The fourth-order valence-corrected chi connectivity index (χ4v) is 3.00. The summed E-state index contributed by atoms with van der Waals surface area (Å²) in [4.78, 5) is 14.7. The van der Waals surface area contributed by atoms with Crippen molar-refractivity contribution in [2.45, 2.75) is 6.10 Å². The van der Waals surface area contributed by atoms with Gasteiger partial charge in [0.2, 0.25) is 0 Å². The second-order valence-corrected chi connectivity index (χ2v) is 6.21. The minimum atomic E-state index is -0.341. The number of aromatic nitrogens is 4. The van der Waals surface area contributed by atoms with E-state index in [9.17, 15) is 4.79 Å². The van der Waals surface area contributed by atoms with Gasteiger partial charge in [-0.15, -0.1) is 5.10 Å². The van der Waals surface area contributed by atoms with E-state index in [0.717, 1.165) is 5.75 Å². The van der Waals surface area contributed by atoms with Gasteiger partial charge in [0, 0.05) is 19.2 Å². The summed E-state index contributed by atoms with van der Waals surface area (Å²) >= 11 is 0. The molecule has 1 saturated heterocycles. The fourth-order valence-electron chi connectivity index (χ4n) is 3.00. The van der Waals surface area contributed by atoms with E-state index in [-0.39, 0.29) is 12.0 Å². The van der Waals surface area contributed by atoms with Gasteiger partial charge in [-0.05, 0) is 40.8 Å². The smallest absolute Gasteiger partial charge is 0.254 e. The van der Waals surface area contributed by atoms with E-state index in [1.807, 2.05) is 42.5 Å². The summed E-state index contributed by atoms with van der Waals surface area (Å²) in [6, 6.07) is 16.7. The second-order valence-electron chi connectivity index (χ2n) is 6.21. The zero-order valence-corrected chi connectivity index (χ0v) is 14.9. The van der Waals surface area contributed by atoms with Crippen LogP contribution in [0.5, 0.6) is 11.5 Å². The molecule has 8 heteroatoms. The van der Waals surface area contributed by atoms with E-state index >= 15 is 0 Å². The maximum atomic E-state index is 13.0. The van der Waals surface area contributed by atoms with Crippen LogP contribution < -0.4 is 4.74 Å². The molecule has 2 aromatic carbocycles. The summed E-state index contributed by atoms with van der Waals surface area (Å²) in [7, 11) is 1.75. The Hall–Kier alpha value is -3.26. The van der Waals surface area contributed by atoms with Gasteiger partial charge in [0.25, 0.3) is 5.91 Å². The molecule has 3 aromatic rings. The Morgan fingerprint density at radius 2 is 1.96 bits per heavy atom. The number of hydrogen-bond acceptors (Lipinski definition) is 6. The van der Waals surface area contributed by atoms with Crippen molar-refractivity contribution in [2.75, 3.05) is 19.7 Å². The van der Waals surface area contributed by atoms with Crippen LogP contribution in [-0.2, 0) is 11.8 Å². The molecular formula is C19H19N5O3. The monoisotopic (exact) mass is 365 g/mol. The van der Waals surface area contributed by atoms with Gasteiger partial charge in [-0.25, -0.2) is 4.68 Å². The topological polar surface area (TPSA) is 82.4 Å². The van der Waals surface area contributed by atoms with E-state index < -0.39 is 0 Å². The maximum Gasteiger partial charge on any atom is 0.254 e. The molecule has 2 heterocycles. The number of morpholine rings is 1. The first kappa shape index (κ1) is 17.2. The molecule has 1 aliphatic heterocycles. The second kappa shape index (κ2) is 7.55. The molecule has 0 bridgehead atoms. The SMILES string of the molecule is Cn1nnnc1C1CN(C(=O)c2cccc(Oc3ccccc3)c2)CCO1. The number of carbonyl (C=O) groups is 1. The molecule has 0 aliphatic carbocycles. The highest BCUT2D eigenvalue weighted by molar-refractivity contribution is 5.94. The van der Waals surface area contributed by atoms with E-state index in [2.05, 4.69) is 15.5 Å². The normalized spacial score (nSPS) is 16.9. The lowest BCUT2D eigenvalue weighted by molar-refractivity contribution is -0.0284. The van der Waals surface area contributed by atoms with Gasteiger partial charge >= 0.3 is 0 Å². The number of carbonyl (C=O) groups excluding carboxylic acids is 1. The van der Waals surface area contributed by atoms with Crippen molar-refractivity contribution in [3.63, 3.8) is 0 Å². The van der Waals surface area contributed by atoms with Crippen LogP contribution in [0.15, 0.2) is 54.6 Å². The molecule has 1 atom stereocenters. The van der Waals surface area contributed by atoms with E-state index in [1.165, 1.54) is 0 Å². The highest BCUT2D eigenvalue weighted by atomic mass is 16.5. The van der Waals surface area contributed by atoms with Crippen LogP contribution in [0.3, 0.4) is 0 Å². The van der Waals surface area contributed by atoms with Gasteiger partial charge < -0.3 is 14.4 Å². The van der Waals surface area contributed by atoms with Gasteiger partial charge in [0.15, 0.2) is 5.82 Å². The predicted octanol–water partition coefficient (Wildman–Crippen LogP) is 2.22. The molecular weight excluding hydrogens is 346 g/mol. The maximum absolute atomic E-state index is 13.0. The molecule has 0 saturated carbocycles. The lowest BCUT2D eigenvalue weighted by Crippen LogP contribution is -2.42. The van der Waals surface area contributed by atoms with Gasteiger partial charge in [0.05, 0.1) is 13.2 Å². The summed E-state index contributed by atoms with van der Waals surface area (Å²) in [6.45, 7) is 1.35. The van der Waals surface area contributed by atoms with Crippen LogP contribution in [-0.4, -0.2) is 50.7 Å². The number of tetrazole rings is 1. The summed E-state index contributed by atoms with van der Waals surface area (Å²) in [5, 5.41) is 11.5. The van der Waals surface area contributed by atoms with Crippen molar-refractivity contribution in [1.82, 2.24) is 25.1 Å². The zero-order valence-electron chi connectivity index (χ0n) is 14.9. The van der Waals surface area contributed by atoms with Gasteiger partial charge in [-0.2, -0.15) is 0 Å². The van der Waals surface area contributed by atoms with Crippen molar-refractivity contribution in [3.8, 4) is 11.5 Å². The Balaban J connectivity index is 1.49. The summed E-state index contributed by atoms with van der Waals surface area (Å²) in [6.07, 6.45) is -0.341. The lowest BCUT2D eigenvalue weighted by Gasteiger charge is -2.32. The van der Waals surface area contributed by atoms with Crippen molar-refractivity contribution >= 4 is 5.91 Å². The molecule has 0 radical (unpaired) electrons. The van der Waals surface area contributed by atoms with Crippen molar-refractivity contribution in [1.29, 1.82) is 0 Å². The number of hydrogen-bond donors (Lipinski definition) is 0. The number of ether oxygens (including phenoxy) is 2. The molecule has 1 fully saturated rings. The van der Waals surface area contributed by atoms with Crippen LogP contribution in [0.4, 0.5) is 0 Å². The number of rotatable bonds is 4. The number of nitrogens with zero attached hydrogens (tertiary/aromatic N) is 5. The van der Waals surface area contributed by atoms with Crippen molar-refractivity contribution in [2.24, 2.45) is 7.05 Å². The van der Waals surface area contributed by atoms with Gasteiger partial charge in [-0.1, -0.05) is 24.3 Å². The molecule has 1 unspecified atom stereocenters. The molecule has 0 spiro atoms. The van der Waals surface area contributed by atoms with Gasteiger partial charge in [-0.3, -0.25) is 4.79 Å². The third-order valence-corrected chi connectivity index (χ3v) is 4.35. The Morgan fingerprint density at radius 3 is 2.74 bits per heavy atom. The van der Waals surface area contributed by atoms with Crippen LogP contribution in [0.1, 0.15) is 22.3 Å². The fraction of sp³-hybridized carbons (Fsp3) is 0.263. The number of amides is 1. The Morgan fingerprint density at radius 1 is 1.15 bits per heavy atom. The minimum absolute atomic E-state index is 0.0723. The van der Waals surface area contributed by atoms with Crippen LogP contribution in [0.2, 0.25) is 0 Å². The third-order valence-electron chi connectivity index (χ3n) is 4.35. The van der Waals surface area contributed by atoms with E-state index in [4.69, 9.17) is 9.47 Å². The third kappa shape index (κ3) is 3.80. The average Bonchev–Trinajstić information content (AvgIpc) is 3.14. The minimum Gasteiger partial charge on any atom is -0.457 e. The van der Waals surface area contributed by atoms with Gasteiger partial charge in [0.1, 0.15) is 17.6 Å². The predicted molar refractivity (Wildman–Crippen MR) is 96.4 cm³/mol. The first-order chi connectivity index (χ1) is 13.2. The van der Waals surface area contributed by atoms with Crippen LogP contribution >= 0.6 is 0 Å². The molecule has 27 heavy (non-hydrogen) atoms. The standard InChI is InChI=1S/C19H19N5O3/c1-23-18(20-21-22-23)17-13-24(10-11-26-17)19(25)14-6-5-9-16(12-14)27-15-7-3-2-4-8-15/h2-9,12,17H,10-11,13H2,1H3. The molecule has 8 nitrogen and oxygen atoms in total. The lowest BCUT2D eigenvalue weighted by atomic mass is 10.1. The number of benzene rings is 2. The summed E-state index contributed by atoms with van der Waals surface area (Å²) in [5.41, 5.74) is 0.570. The zero-order chi connectivity index (χ0) is 18.6. The molecule has 4 rings (SSSR count). The largest absolute Gasteiger partial charge is 0.457 e. The highest BCUT2D eigenvalue weighted by Crippen LogP contribution is 2.24. The number of para-hydroxylation sites is 1. The summed E-state index contributed by atoms with van der Waals surface area (Å²) in [5.74, 6) is 1.88. The number of aryl methyl sites for hydroxylation is 1. The van der Waals surface area contributed by atoms with E-state index in [1.54, 1.807) is 28.8 Å². The van der Waals surface area contributed by atoms with Crippen LogP contribution in [0, 0.1) is 0 Å². The van der Waals surface area contributed by atoms with Crippen molar-refractivity contribution < 1.29 is 14.3 Å². The average molecular weight is 365 g/mol. The molecule has 138 valence electrons. The molecule has 1 aliphatic rings. The molecule has 0 N–H and O–H groups in total. The first-order valence-corrected chi connectivity index (χ1v) is 8.67. The van der Waals surface area contributed by atoms with Crippen molar-refractivity contribution in [3.05, 3.63) is 66.0 Å². The van der Waals surface area contributed by atoms with E-state index in [0.29, 0.717) is 36.8 Å². The molecule has 1 aromatic heterocycles. The Kier molecular flexibility index (Phi) is 4.80. The molecule has 1 amide bonds. The summed E-state index contributed by atoms with van der Waals surface area (Å²) < 4.78 is 13.1. The van der Waals surface area contributed by atoms with Crippen LogP contribution in [0.25, 0.3) is 0 Å². The Labute approximate surface area is 156 Å². The Bertz CT molecular complexity index is 928. The first-order valence-electron chi connectivity index (χ1n) is 8.67. The quantitative estimate of drug-likeness (QED) is 0.705.